The number of rotatable bonds is 3. The Kier molecular flexibility index (Phi) is 4.04. The Hall–Kier alpha value is -1.33. The molecular formula is C13H15F3N2. The van der Waals surface area contributed by atoms with Crippen molar-refractivity contribution in [2.45, 2.75) is 6.04 Å². The van der Waals surface area contributed by atoms with Crippen molar-refractivity contribution in [3.63, 3.8) is 0 Å². The van der Waals surface area contributed by atoms with E-state index in [4.69, 9.17) is 0 Å². The lowest BCUT2D eigenvalue weighted by Gasteiger charge is -2.33. The van der Waals surface area contributed by atoms with Crippen molar-refractivity contribution in [3.8, 4) is 0 Å². The number of hydrogen-bond donors (Lipinski definition) is 1. The first-order valence-electron chi connectivity index (χ1n) is 5.86. The molecule has 1 saturated heterocycles. The summed E-state index contributed by atoms with van der Waals surface area (Å²) in [4.78, 5) is 1.99. The van der Waals surface area contributed by atoms with Crippen molar-refractivity contribution in [3.05, 3.63) is 47.8 Å². The molecule has 0 saturated carbocycles. The van der Waals surface area contributed by atoms with Gasteiger partial charge in [-0.15, -0.1) is 6.58 Å². The fourth-order valence-corrected chi connectivity index (χ4v) is 2.20. The molecular weight excluding hydrogens is 241 g/mol. The molecule has 0 spiro atoms. The van der Waals surface area contributed by atoms with E-state index in [1.54, 1.807) is 6.08 Å². The van der Waals surface area contributed by atoms with Crippen LogP contribution in [0, 0.1) is 17.5 Å². The topological polar surface area (TPSA) is 15.3 Å². The van der Waals surface area contributed by atoms with E-state index < -0.39 is 23.5 Å². The largest absolute Gasteiger partial charge is 0.314 e. The fourth-order valence-electron chi connectivity index (χ4n) is 2.20. The third kappa shape index (κ3) is 2.42. The molecule has 5 heteroatoms. The maximum Gasteiger partial charge on any atom is 0.194 e. The summed E-state index contributed by atoms with van der Waals surface area (Å²) >= 11 is 0. The lowest BCUT2D eigenvalue weighted by atomic mass is 10.0. The smallest absolute Gasteiger partial charge is 0.194 e. The molecule has 0 aliphatic carbocycles. The minimum Gasteiger partial charge on any atom is -0.314 e. The second kappa shape index (κ2) is 5.54. The summed E-state index contributed by atoms with van der Waals surface area (Å²) in [6.07, 6.45) is 1.56. The summed E-state index contributed by atoms with van der Waals surface area (Å²) in [5, 5.41) is 3.18. The predicted octanol–water partition coefficient (Wildman–Crippen LogP) is 2.24. The van der Waals surface area contributed by atoms with Crippen LogP contribution in [0.25, 0.3) is 0 Å². The van der Waals surface area contributed by atoms with Crippen LogP contribution in [0.5, 0.6) is 0 Å². The lowest BCUT2D eigenvalue weighted by molar-refractivity contribution is 0.199. The average molecular weight is 256 g/mol. The van der Waals surface area contributed by atoms with Crippen LogP contribution in [0.4, 0.5) is 13.2 Å². The van der Waals surface area contributed by atoms with Crippen molar-refractivity contribution in [1.82, 2.24) is 10.2 Å². The first-order chi connectivity index (χ1) is 8.65. The summed E-state index contributed by atoms with van der Waals surface area (Å²) in [5.74, 6) is -3.72. The summed E-state index contributed by atoms with van der Waals surface area (Å²) in [6, 6.07) is 1.80. The van der Waals surface area contributed by atoms with Crippen LogP contribution in [0.1, 0.15) is 11.6 Å². The van der Waals surface area contributed by atoms with E-state index >= 15 is 0 Å². The maximum absolute atomic E-state index is 13.7. The molecule has 2 rings (SSSR count). The molecule has 1 heterocycles. The minimum atomic E-state index is -1.42. The van der Waals surface area contributed by atoms with Crippen LogP contribution in [-0.4, -0.2) is 31.1 Å². The van der Waals surface area contributed by atoms with E-state index in [2.05, 4.69) is 11.9 Å². The number of benzene rings is 1. The molecule has 1 aliphatic rings. The highest BCUT2D eigenvalue weighted by Gasteiger charge is 2.24. The Balaban J connectivity index is 2.32. The van der Waals surface area contributed by atoms with E-state index in [-0.39, 0.29) is 5.56 Å². The van der Waals surface area contributed by atoms with Crippen molar-refractivity contribution < 1.29 is 13.2 Å². The second-order valence-corrected chi connectivity index (χ2v) is 4.23. The van der Waals surface area contributed by atoms with Crippen molar-refractivity contribution in [2.75, 3.05) is 26.2 Å². The van der Waals surface area contributed by atoms with Gasteiger partial charge >= 0.3 is 0 Å². The van der Waals surface area contributed by atoms with E-state index in [0.717, 1.165) is 32.2 Å². The van der Waals surface area contributed by atoms with Gasteiger partial charge in [0.15, 0.2) is 17.5 Å². The van der Waals surface area contributed by atoms with Crippen LogP contribution >= 0.6 is 0 Å². The Morgan fingerprint density at radius 1 is 1.17 bits per heavy atom. The SMILES string of the molecule is C=C[C@H](c1ccc(F)c(F)c1F)N1CCNCC1. The number of nitrogens with one attached hydrogen (secondary N) is 1. The van der Waals surface area contributed by atoms with Gasteiger partial charge in [0.2, 0.25) is 0 Å². The summed E-state index contributed by atoms with van der Waals surface area (Å²) in [5.41, 5.74) is 0.130. The normalized spacial score (nSPS) is 18.6. The van der Waals surface area contributed by atoms with Gasteiger partial charge in [-0.25, -0.2) is 13.2 Å². The van der Waals surface area contributed by atoms with Gasteiger partial charge in [-0.05, 0) is 6.07 Å². The highest BCUT2D eigenvalue weighted by Crippen LogP contribution is 2.27. The van der Waals surface area contributed by atoms with Gasteiger partial charge < -0.3 is 5.32 Å². The first-order valence-corrected chi connectivity index (χ1v) is 5.86. The van der Waals surface area contributed by atoms with E-state index in [1.807, 2.05) is 4.90 Å². The molecule has 0 radical (unpaired) electrons. The van der Waals surface area contributed by atoms with Gasteiger partial charge in [-0.1, -0.05) is 12.1 Å². The van der Waals surface area contributed by atoms with Gasteiger partial charge in [-0.2, -0.15) is 0 Å². The van der Waals surface area contributed by atoms with E-state index in [0.29, 0.717) is 0 Å². The molecule has 1 aromatic carbocycles. The molecule has 98 valence electrons. The zero-order chi connectivity index (χ0) is 13.1. The number of hydrogen-bond acceptors (Lipinski definition) is 2. The van der Waals surface area contributed by atoms with Gasteiger partial charge in [0, 0.05) is 31.7 Å². The van der Waals surface area contributed by atoms with E-state index in [1.165, 1.54) is 6.07 Å². The van der Waals surface area contributed by atoms with Crippen LogP contribution in [-0.2, 0) is 0 Å². The summed E-state index contributed by atoms with van der Waals surface area (Å²) in [7, 11) is 0. The molecule has 18 heavy (non-hydrogen) atoms. The Morgan fingerprint density at radius 2 is 1.83 bits per heavy atom. The van der Waals surface area contributed by atoms with Crippen LogP contribution in [0.3, 0.4) is 0 Å². The predicted molar refractivity (Wildman–Crippen MR) is 63.7 cm³/mol. The zero-order valence-corrected chi connectivity index (χ0v) is 9.93. The molecule has 0 aromatic heterocycles. The number of halogens is 3. The molecule has 0 bridgehead atoms. The summed E-state index contributed by atoms with van der Waals surface area (Å²) < 4.78 is 39.9. The monoisotopic (exact) mass is 256 g/mol. The van der Waals surface area contributed by atoms with Gasteiger partial charge in [0.05, 0.1) is 6.04 Å². The molecule has 0 amide bonds. The fraction of sp³-hybridized carbons (Fsp3) is 0.385. The molecule has 0 unspecified atom stereocenters. The Morgan fingerprint density at radius 3 is 2.44 bits per heavy atom. The third-order valence-electron chi connectivity index (χ3n) is 3.15. The lowest BCUT2D eigenvalue weighted by Crippen LogP contribution is -2.44. The summed E-state index contributed by atoms with van der Waals surface area (Å²) in [6.45, 7) is 6.67. The molecule has 2 nitrogen and oxygen atoms in total. The van der Waals surface area contributed by atoms with Gasteiger partial charge in [0.1, 0.15) is 0 Å². The highest BCUT2D eigenvalue weighted by atomic mass is 19.2. The van der Waals surface area contributed by atoms with E-state index in [9.17, 15) is 13.2 Å². The minimum absolute atomic E-state index is 0.130. The maximum atomic E-state index is 13.7. The second-order valence-electron chi connectivity index (χ2n) is 4.23. The van der Waals surface area contributed by atoms with Crippen LogP contribution < -0.4 is 5.32 Å². The number of piperazine rings is 1. The van der Waals surface area contributed by atoms with Crippen LogP contribution in [0.2, 0.25) is 0 Å². The molecule has 1 fully saturated rings. The van der Waals surface area contributed by atoms with Crippen LogP contribution in [0.15, 0.2) is 24.8 Å². The Labute approximate surface area is 104 Å². The average Bonchev–Trinajstić information content (AvgIpc) is 2.41. The molecule has 1 atom stereocenters. The van der Waals surface area contributed by atoms with Crippen molar-refractivity contribution in [2.24, 2.45) is 0 Å². The third-order valence-corrected chi connectivity index (χ3v) is 3.15. The van der Waals surface area contributed by atoms with Crippen molar-refractivity contribution >= 4 is 0 Å². The van der Waals surface area contributed by atoms with Gasteiger partial charge in [-0.3, -0.25) is 4.90 Å². The van der Waals surface area contributed by atoms with Gasteiger partial charge in [0.25, 0.3) is 0 Å². The standard InChI is InChI=1S/C13H15F3N2/c1-2-11(18-7-5-17-6-8-18)9-3-4-10(14)13(16)12(9)15/h2-4,11,17H,1,5-8H2/t11-/m1/s1. The molecule has 1 N–H and O–H groups in total. The first kappa shape index (κ1) is 13.1. The zero-order valence-electron chi connectivity index (χ0n) is 9.93. The number of nitrogens with zero attached hydrogens (tertiary/aromatic N) is 1. The van der Waals surface area contributed by atoms with Crippen molar-refractivity contribution in [1.29, 1.82) is 0 Å². The molecule has 1 aromatic rings. The molecule has 1 aliphatic heterocycles. The quantitative estimate of drug-likeness (QED) is 0.659. The Bertz CT molecular complexity index is 442. The highest BCUT2D eigenvalue weighted by molar-refractivity contribution is 5.26.